The van der Waals surface area contributed by atoms with Gasteiger partial charge in [-0.15, -0.1) is 0 Å². The lowest BCUT2D eigenvalue weighted by molar-refractivity contribution is -0.137. The number of aromatic nitrogens is 1. The van der Waals surface area contributed by atoms with Crippen LogP contribution in [0.15, 0.2) is 66.9 Å². The zero-order valence-electron chi connectivity index (χ0n) is 23.2. The highest BCUT2D eigenvalue weighted by atomic mass is 19.4. The van der Waals surface area contributed by atoms with Crippen LogP contribution in [0, 0.1) is 5.92 Å². The van der Waals surface area contributed by atoms with Gasteiger partial charge in [-0.1, -0.05) is 12.1 Å². The zero-order chi connectivity index (χ0) is 29.7. The van der Waals surface area contributed by atoms with Crippen molar-refractivity contribution in [3.05, 3.63) is 89.1 Å². The molecule has 0 amide bonds. The van der Waals surface area contributed by atoms with E-state index in [2.05, 4.69) is 14.8 Å². The maximum absolute atomic E-state index is 12.9. The molecule has 0 aliphatic carbocycles. The van der Waals surface area contributed by atoms with Crippen molar-refractivity contribution >= 4 is 17.4 Å². The Morgan fingerprint density at radius 2 is 1.50 bits per heavy atom. The lowest BCUT2D eigenvalue weighted by atomic mass is 9.90. The summed E-state index contributed by atoms with van der Waals surface area (Å²) in [7, 11) is 0. The summed E-state index contributed by atoms with van der Waals surface area (Å²) < 4.78 is 44.5. The first-order valence-corrected chi connectivity index (χ1v) is 14.3. The van der Waals surface area contributed by atoms with Crippen molar-refractivity contribution in [1.29, 1.82) is 0 Å². The van der Waals surface area contributed by atoms with Crippen LogP contribution in [0.5, 0.6) is 5.88 Å². The molecular weight excluding hydrogens is 547 g/mol. The summed E-state index contributed by atoms with van der Waals surface area (Å²) in [5.41, 5.74) is 2.04. The Bertz CT molecular complexity index is 1350. The van der Waals surface area contributed by atoms with Gasteiger partial charge in [0.2, 0.25) is 5.88 Å². The Kier molecular flexibility index (Phi) is 9.11. The second-order valence-electron chi connectivity index (χ2n) is 11.1. The minimum Gasteiger partial charge on any atom is -0.478 e. The van der Waals surface area contributed by atoms with Crippen molar-refractivity contribution in [3.8, 4) is 5.88 Å². The number of ketones is 1. The number of carboxylic acids is 1. The van der Waals surface area contributed by atoms with Crippen molar-refractivity contribution in [2.24, 2.45) is 5.92 Å². The van der Waals surface area contributed by atoms with E-state index >= 15 is 0 Å². The number of halogens is 3. The average molecular weight is 582 g/mol. The van der Waals surface area contributed by atoms with Crippen LogP contribution in [0.25, 0.3) is 0 Å². The number of aromatic carboxylic acids is 1. The smallest absolute Gasteiger partial charge is 0.416 e. The van der Waals surface area contributed by atoms with Gasteiger partial charge in [-0.25, -0.2) is 9.78 Å². The summed E-state index contributed by atoms with van der Waals surface area (Å²) in [5.74, 6) is -0.0814. The monoisotopic (exact) mass is 581 g/mol. The normalized spacial score (nSPS) is 17.3. The lowest BCUT2D eigenvalue weighted by Gasteiger charge is -2.33. The van der Waals surface area contributed by atoms with E-state index in [-0.39, 0.29) is 17.5 Å². The van der Waals surface area contributed by atoms with Gasteiger partial charge in [-0.3, -0.25) is 9.69 Å². The number of carbonyl (C=O) groups excluding carboxylic acids is 1. The number of Topliss-reactive ketones (excluding diaryl/α,β-unsaturated/α-hetero) is 1. The Labute approximate surface area is 242 Å². The van der Waals surface area contributed by atoms with Crippen molar-refractivity contribution in [2.75, 3.05) is 31.1 Å². The van der Waals surface area contributed by atoms with E-state index in [4.69, 9.17) is 9.84 Å². The number of piperidine rings is 2. The van der Waals surface area contributed by atoms with E-state index in [1.54, 1.807) is 30.5 Å². The molecule has 1 aromatic heterocycles. The number of nitrogens with zero attached hydrogens (tertiary/aromatic N) is 3. The highest BCUT2D eigenvalue weighted by molar-refractivity contribution is 5.96. The van der Waals surface area contributed by atoms with Gasteiger partial charge in [0, 0.05) is 62.4 Å². The van der Waals surface area contributed by atoms with E-state index < -0.39 is 17.7 Å². The molecule has 0 radical (unpaired) electrons. The lowest BCUT2D eigenvalue weighted by Crippen LogP contribution is -2.38. The third-order valence-electron chi connectivity index (χ3n) is 8.14. The number of ether oxygens (including phenoxy) is 1. The Morgan fingerprint density at radius 1 is 0.857 bits per heavy atom. The highest BCUT2D eigenvalue weighted by Gasteiger charge is 2.30. The van der Waals surface area contributed by atoms with Crippen LogP contribution < -0.4 is 9.64 Å². The molecule has 2 aliphatic rings. The molecule has 2 aliphatic heterocycles. The molecule has 3 heterocycles. The second-order valence-corrected chi connectivity index (χ2v) is 11.1. The first-order chi connectivity index (χ1) is 20.1. The molecule has 2 aromatic carbocycles. The van der Waals surface area contributed by atoms with Crippen LogP contribution in [-0.4, -0.2) is 59.0 Å². The fourth-order valence-corrected chi connectivity index (χ4v) is 5.62. The molecule has 42 heavy (non-hydrogen) atoms. The molecule has 2 saturated heterocycles. The third kappa shape index (κ3) is 7.67. The van der Waals surface area contributed by atoms with Crippen LogP contribution in [-0.2, 0) is 12.7 Å². The molecule has 0 saturated carbocycles. The zero-order valence-corrected chi connectivity index (χ0v) is 23.2. The molecule has 7 nitrogen and oxygen atoms in total. The summed E-state index contributed by atoms with van der Waals surface area (Å²) in [6.07, 6.45) is 0.955. The van der Waals surface area contributed by atoms with Crippen molar-refractivity contribution in [2.45, 2.75) is 50.9 Å². The number of benzene rings is 2. The van der Waals surface area contributed by atoms with Crippen LogP contribution in [0.1, 0.15) is 63.9 Å². The number of carboxylic acid groups (broad SMARTS) is 1. The number of pyridine rings is 1. The quantitative estimate of drug-likeness (QED) is 0.296. The second kappa shape index (κ2) is 12.9. The number of alkyl halides is 3. The highest BCUT2D eigenvalue weighted by Crippen LogP contribution is 2.31. The third-order valence-corrected chi connectivity index (χ3v) is 8.14. The van der Waals surface area contributed by atoms with Crippen molar-refractivity contribution in [3.63, 3.8) is 0 Å². The molecule has 5 rings (SSSR count). The summed E-state index contributed by atoms with van der Waals surface area (Å²) >= 11 is 0. The first-order valence-electron chi connectivity index (χ1n) is 14.3. The Balaban J connectivity index is 1.03. The number of anilines is 1. The number of carbonyl (C=O) groups is 2. The van der Waals surface area contributed by atoms with Gasteiger partial charge in [0.25, 0.3) is 0 Å². The molecule has 10 heteroatoms. The van der Waals surface area contributed by atoms with Crippen LogP contribution in [0.3, 0.4) is 0 Å². The first kappa shape index (κ1) is 29.6. The molecule has 0 spiro atoms. The largest absolute Gasteiger partial charge is 0.478 e. The van der Waals surface area contributed by atoms with Gasteiger partial charge in [0.05, 0.1) is 11.1 Å². The standard InChI is InChI=1S/C32H34F3N3O4/c33-32(34,35)26-6-8-27(9-7-26)38-17-13-28(14-18-38)42-30-10-5-25(20-36-30)29(39)19-22-11-15-37(16-12-22)21-23-1-3-24(4-2-23)31(40)41/h1-10,20,22,28H,11-19,21H2,(H,40,41). The molecule has 0 atom stereocenters. The van der Waals surface area contributed by atoms with Crippen molar-refractivity contribution in [1.82, 2.24) is 9.88 Å². The van der Waals surface area contributed by atoms with E-state index in [1.807, 2.05) is 12.1 Å². The fraction of sp³-hybridized carbons (Fsp3) is 0.406. The summed E-state index contributed by atoms with van der Waals surface area (Å²) in [5, 5.41) is 9.05. The summed E-state index contributed by atoms with van der Waals surface area (Å²) in [6, 6.07) is 15.7. The Morgan fingerprint density at radius 3 is 2.07 bits per heavy atom. The maximum atomic E-state index is 12.9. The van der Waals surface area contributed by atoms with E-state index in [0.29, 0.717) is 36.9 Å². The SMILES string of the molecule is O=C(O)c1ccc(CN2CCC(CC(=O)c3ccc(OC4CCN(c5ccc(C(F)(F)F)cc5)CC4)nc3)CC2)cc1. The van der Waals surface area contributed by atoms with E-state index in [9.17, 15) is 22.8 Å². The molecule has 222 valence electrons. The van der Waals surface area contributed by atoms with Gasteiger partial charge >= 0.3 is 12.1 Å². The molecule has 0 unspecified atom stereocenters. The fourth-order valence-electron chi connectivity index (χ4n) is 5.62. The molecule has 3 aromatic rings. The average Bonchev–Trinajstić information content (AvgIpc) is 2.99. The number of rotatable bonds is 9. The molecule has 2 fully saturated rings. The predicted octanol–water partition coefficient (Wildman–Crippen LogP) is 6.33. The van der Waals surface area contributed by atoms with Crippen LogP contribution in [0.2, 0.25) is 0 Å². The minimum atomic E-state index is -4.34. The maximum Gasteiger partial charge on any atom is 0.416 e. The van der Waals surface area contributed by atoms with Gasteiger partial charge in [0.1, 0.15) is 6.10 Å². The van der Waals surface area contributed by atoms with Gasteiger partial charge in [-0.05, 0) is 79.9 Å². The van der Waals surface area contributed by atoms with Crippen LogP contribution >= 0.6 is 0 Å². The van der Waals surface area contributed by atoms with Gasteiger partial charge in [-0.2, -0.15) is 13.2 Å². The molecule has 0 bridgehead atoms. The Hall–Kier alpha value is -3.92. The molecular formula is C32H34F3N3O4. The minimum absolute atomic E-state index is 0.0509. The van der Waals surface area contributed by atoms with Gasteiger partial charge < -0.3 is 14.7 Å². The summed E-state index contributed by atoms with van der Waals surface area (Å²) in [6.45, 7) is 3.88. The van der Waals surface area contributed by atoms with Gasteiger partial charge in [0.15, 0.2) is 5.78 Å². The topological polar surface area (TPSA) is 83.0 Å². The number of hydrogen-bond acceptors (Lipinski definition) is 6. The predicted molar refractivity (Wildman–Crippen MR) is 152 cm³/mol. The van der Waals surface area contributed by atoms with E-state index in [1.165, 1.54) is 12.1 Å². The summed E-state index contributed by atoms with van der Waals surface area (Å²) in [4.78, 5) is 32.7. The van der Waals surface area contributed by atoms with Crippen molar-refractivity contribution < 1.29 is 32.6 Å². The van der Waals surface area contributed by atoms with E-state index in [0.717, 1.165) is 68.7 Å². The molecule has 1 N–H and O–H groups in total. The van der Waals surface area contributed by atoms with Crippen LogP contribution in [0.4, 0.5) is 18.9 Å². The number of likely N-dealkylation sites (tertiary alicyclic amines) is 1. The number of hydrogen-bond donors (Lipinski definition) is 1.